The maximum absolute atomic E-state index is 13.2. The molecule has 0 aliphatic carbocycles. The molecule has 2 saturated heterocycles. The molecule has 2 aliphatic heterocycles. The molecule has 120 valence electrons. The summed E-state index contributed by atoms with van der Waals surface area (Å²) in [6, 6.07) is 5.87. The first-order valence-corrected chi connectivity index (χ1v) is 7.72. The molecule has 1 amide bonds. The zero-order valence-corrected chi connectivity index (χ0v) is 12.4. The third-order valence-electron chi connectivity index (χ3n) is 4.21. The highest BCUT2D eigenvalue weighted by Gasteiger charge is 2.34. The number of ether oxygens (including phenoxy) is 1. The van der Waals surface area contributed by atoms with E-state index in [1.54, 1.807) is 12.1 Å². The molecule has 1 N–H and O–H groups in total. The van der Waals surface area contributed by atoms with Crippen LogP contribution >= 0.6 is 0 Å². The van der Waals surface area contributed by atoms with E-state index in [0.717, 1.165) is 25.9 Å². The molecule has 6 heteroatoms. The van der Waals surface area contributed by atoms with E-state index in [9.17, 15) is 14.3 Å². The van der Waals surface area contributed by atoms with Crippen LogP contribution in [-0.4, -0.2) is 65.7 Å². The first-order valence-electron chi connectivity index (χ1n) is 7.72. The number of carbonyl (C=O) groups excluding carboxylic acids is 1. The summed E-state index contributed by atoms with van der Waals surface area (Å²) in [7, 11) is 0. The molecule has 2 fully saturated rings. The maximum Gasteiger partial charge on any atom is 0.236 e. The standard InChI is InChI=1S/C16H21FN2O3/c17-12-4-3-5-13(8-12)22-15-10-18(9-14(15)20)11-16(21)19-6-1-2-7-19/h3-5,8,14-15,20H,1-2,6-7,9-11H2/t14-,15-/m1/s1. The van der Waals surface area contributed by atoms with Gasteiger partial charge in [-0.2, -0.15) is 0 Å². The SMILES string of the molecule is O=C(CN1C[C@@H](O)[C@H](Oc2cccc(F)c2)C1)N1CCCC1. The fourth-order valence-corrected chi connectivity index (χ4v) is 3.05. The zero-order chi connectivity index (χ0) is 15.5. The summed E-state index contributed by atoms with van der Waals surface area (Å²) in [4.78, 5) is 15.9. The lowest BCUT2D eigenvalue weighted by atomic mass is 10.2. The monoisotopic (exact) mass is 308 g/mol. The molecule has 0 unspecified atom stereocenters. The van der Waals surface area contributed by atoms with E-state index < -0.39 is 12.2 Å². The smallest absolute Gasteiger partial charge is 0.236 e. The van der Waals surface area contributed by atoms with Crippen LogP contribution in [-0.2, 0) is 4.79 Å². The lowest BCUT2D eigenvalue weighted by Gasteiger charge is -2.20. The Bertz CT molecular complexity index is 534. The molecule has 1 aromatic rings. The molecular formula is C16H21FN2O3. The summed E-state index contributed by atoms with van der Waals surface area (Å²) in [6.45, 7) is 2.84. The van der Waals surface area contributed by atoms with Gasteiger partial charge in [-0.3, -0.25) is 9.69 Å². The van der Waals surface area contributed by atoms with Gasteiger partial charge in [-0.1, -0.05) is 6.07 Å². The molecule has 0 bridgehead atoms. The summed E-state index contributed by atoms with van der Waals surface area (Å²) in [6.07, 6.45) is 1.03. The van der Waals surface area contributed by atoms with Crippen LogP contribution in [0, 0.1) is 5.82 Å². The number of carbonyl (C=O) groups is 1. The average molecular weight is 308 g/mol. The van der Waals surface area contributed by atoms with Gasteiger partial charge >= 0.3 is 0 Å². The first kappa shape index (κ1) is 15.2. The van der Waals surface area contributed by atoms with E-state index in [2.05, 4.69) is 0 Å². The Balaban J connectivity index is 1.54. The van der Waals surface area contributed by atoms with Crippen molar-refractivity contribution >= 4 is 5.91 Å². The minimum Gasteiger partial charge on any atom is -0.486 e. The molecule has 2 aliphatic rings. The second kappa shape index (κ2) is 6.62. The number of β-amino-alcohol motifs (C(OH)–C–C–N with tert-alkyl or cyclic N) is 1. The molecular weight excluding hydrogens is 287 g/mol. The van der Waals surface area contributed by atoms with E-state index >= 15 is 0 Å². The highest BCUT2D eigenvalue weighted by atomic mass is 19.1. The largest absolute Gasteiger partial charge is 0.486 e. The molecule has 2 atom stereocenters. The number of nitrogens with zero attached hydrogens (tertiary/aromatic N) is 2. The number of aliphatic hydroxyl groups excluding tert-OH is 1. The first-order chi connectivity index (χ1) is 10.6. The Kier molecular flexibility index (Phi) is 4.59. The fraction of sp³-hybridized carbons (Fsp3) is 0.562. The number of likely N-dealkylation sites (tertiary alicyclic amines) is 2. The van der Waals surface area contributed by atoms with Crippen LogP contribution in [0.25, 0.3) is 0 Å². The number of rotatable bonds is 4. The lowest BCUT2D eigenvalue weighted by Crippen LogP contribution is -2.38. The van der Waals surface area contributed by atoms with Gasteiger partial charge in [-0.25, -0.2) is 4.39 Å². The van der Waals surface area contributed by atoms with Crippen molar-refractivity contribution in [3.05, 3.63) is 30.1 Å². The van der Waals surface area contributed by atoms with Crippen molar-refractivity contribution in [3.63, 3.8) is 0 Å². The summed E-state index contributed by atoms with van der Waals surface area (Å²) in [5.41, 5.74) is 0. The summed E-state index contributed by atoms with van der Waals surface area (Å²) in [5, 5.41) is 10.1. The molecule has 0 aromatic heterocycles. The van der Waals surface area contributed by atoms with Crippen molar-refractivity contribution in [1.82, 2.24) is 9.80 Å². The summed E-state index contributed by atoms with van der Waals surface area (Å²) in [5.74, 6) is 0.138. The van der Waals surface area contributed by atoms with Crippen LogP contribution in [0.4, 0.5) is 4.39 Å². The highest BCUT2D eigenvalue weighted by molar-refractivity contribution is 5.78. The number of halogens is 1. The van der Waals surface area contributed by atoms with Crippen LogP contribution in [0.15, 0.2) is 24.3 Å². The topological polar surface area (TPSA) is 53.0 Å². The van der Waals surface area contributed by atoms with Gasteiger partial charge < -0.3 is 14.7 Å². The molecule has 2 heterocycles. The van der Waals surface area contributed by atoms with Gasteiger partial charge in [-0.15, -0.1) is 0 Å². The lowest BCUT2D eigenvalue weighted by molar-refractivity contribution is -0.131. The molecule has 5 nitrogen and oxygen atoms in total. The van der Waals surface area contributed by atoms with Gasteiger partial charge in [0.2, 0.25) is 5.91 Å². The zero-order valence-electron chi connectivity index (χ0n) is 12.4. The number of hydrogen-bond donors (Lipinski definition) is 1. The van der Waals surface area contributed by atoms with Crippen LogP contribution in [0.5, 0.6) is 5.75 Å². The van der Waals surface area contributed by atoms with E-state index in [1.807, 2.05) is 9.80 Å². The van der Waals surface area contributed by atoms with Crippen LogP contribution in [0.3, 0.4) is 0 Å². The second-order valence-corrected chi connectivity index (χ2v) is 5.96. The summed E-state index contributed by atoms with van der Waals surface area (Å²) < 4.78 is 18.8. The Morgan fingerprint density at radius 3 is 2.82 bits per heavy atom. The molecule has 0 saturated carbocycles. The number of aliphatic hydroxyl groups is 1. The van der Waals surface area contributed by atoms with E-state index in [0.29, 0.717) is 25.4 Å². The van der Waals surface area contributed by atoms with Crippen molar-refractivity contribution in [2.24, 2.45) is 0 Å². The van der Waals surface area contributed by atoms with E-state index in [4.69, 9.17) is 4.74 Å². The normalized spacial score (nSPS) is 25.6. The van der Waals surface area contributed by atoms with Gasteiger partial charge in [-0.05, 0) is 25.0 Å². The van der Waals surface area contributed by atoms with Crippen molar-refractivity contribution in [1.29, 1.82) is 0 Å². The quantitative estimate of drug-likeness (QED) is 0.897. The van der Waals surface area contributed by atoms with Crippen LogP contribution < -0.4 is 4.74 Å². The summed E-state index contributed by atoms with van der Waals surface area (Å²) >= 11 is 0. The average Bonchev–Trinajstić information content (AvgIpc) is 3.10. The Morgan fingerprint density at radius 1 is 1.32 bits per heavy atom. The molecule has 0 spiro atoms. The Morgan fingerprint density at radius 2 is 2.09 bits per heavy atom. The van der Waals surface area contributed by atoms with Crippen LogP contribution in [0.1, 0.15) is 12.8 Å². The molecule has 1 aromatic carbocycles. The van der Waals surface area contributed by atoms with Crippen molar-refractivity contribution in [2.45, 2.75) is 25.0 Å². The van der Waals surface area contributed by atoms with E-state index in [1.165, 1.54) is 12.1 Å². The number of benzene rings is 1. The number of amides is 1. The van der Waals surface area contributed by atoms with E-state index in [-0.39, 0.29) is 11.7 Å². The van der Waals surface area contributed by atoms with Crippen LogP contribution in [0.2, 0.25) is 0 Å². The second-order valence-electron chi connectivity index (χ2n) is 5.96. The molecule has 0 radical (unpaired) electrons. The van der Waals surface area contributed by atoms with Gasteiger partial charge in [0.15, 0.2) is 0 Å². The Hall–Kier alpha value is -1.66. The van der Waals surface area contributed by atoms with Gasteiger partial charge in [0.05, 0.1) is 6.54 Å². The van der Waals surface area contributed by atoms with Gasteiger partial charge in [0.25, 0.3) is 0 Å². The van der Waals surface area contributed by atoms with Crippen molar-refractivity contribution < 1.29 is 19.0 Å². The minimum atomic E-state index is -0.672. The third kappa shape index (κ3) is 3.56. The molecule has 22 heavy (non-hydrogen) atoms. The molecule has 3 rings (SSSR count). The van der Waals surface area contributed by atoms with Crippen molar-refractivity contribution in [3.8, 4) is 5.75 Å². The third-order valence-corrected chi connectivity index (χ3v) is 4.21. The van der Waals surface area contributed by atoms with Gasteiger partial charge in [0, 0.05) is 32.2 Å². The highest BCUT2D eigenvalue weighted by Crippen LogP contribution is 2.20. The van der Waals surface area contributed by atoms with Gasteiger partial charge in [0.1, 0.15) is 23.8 Å². The fourth-order valence-electron chi connectivity index (χ4n) is 3.05. The number of hydrogen-bond acceptors (Lipinski definition) is 4. The Labute approximate surface area is 129 Å². The van der Waals surface area contributed by atoms with Crippen molar-refractivity contribution in [2.75, 3.05) is 32.7 Å². The maximum atomic E-state index is 13.2. The predicted molar refractivity (Wildman–Crippen MR) is 79.1 cm³/mol. The predicted octanol–water partition coefficient (Wildman–Crippen LogP) is 0.872. The minimum absolute atomic E-state index is 0.108.